The highest BCUT2D eigenvalue weighted by molar-refractivity contribution is 6.16. The van der Waals surface area contributed by atoms with Crippen molar-refractivity contribution < 1.29 is 0 Å². The van der Waals surface area contributed by atoms with E-state index in [4.69, 9.17) is 0 Å². The summed E-state index contributed by atoms with van der Waals surface area (Å²) < 4.78 is 4.96. The van der Waals surface area contributed by atoms with Crippen LogP contribution in [0.2, 0.25) is 0 Å². The lowest BCUT2D eigenvalue weighted by molar-refractivity contribution is 0.661. The Balaban J connectivity index is 1.18. The van der Waals surface area contributed by atoms with Gasteiger partial charge in [0.05, 0.1) is 27.8 Å². The van der Waals surface area contributed by atoms with E-state index in [9.17, 15) is 0 Å². The van der Waals surface area contributed by atoms with E-state index in [1.54, 1.807) is 0 Å². The molecular formula is C55H38N2. The first kappa shape index (κ1) is 32.1. The average molecular weight is 727 g/mol. The topological polar surface area (TPSA) is 9.86 Å². The molecule has 0 aliphatic heterocycles. The van der Waals surface area contributed by atoms with E-state index >= 15 is 0 Å². The quantitative estimate of drug-likeness (QED) is 0.171. The van der Waals surface area contributed by atoms with Gasteiger partial charge in [-0.25, -0.2) is 0 Å². The van der Waals surface area contributed by atoms with Gasteiger partial charge in [0.2, 0.25) is 0 Å². The van der Waals surface area contributed by atoms with Crippen LogP contribution in [-0.4, -0.2) is 9.13 Å². The summed E-state index contributed by atoms with van der Waals surface area (Å²) in [6, 6.07) is 72.0. The smallest absolute Gasteiger partial charge is 0.0547 e. The Morgan fingerprint density at radius 3 is 1.86 bits per heavy atom. The lowest BCUT2D eigenvalue weighted by atomic mass is 9.82. The van der Waals surface area contributed by atoms with Crippen molar-refractivity contribution in [1.29, 1.82) is 0 Å². The number of hydrogen-bond acceptors (Lipinski definition) is 0. The van der Waals surface area contributed by atoms with Gasteiger partial charge in [0.15, 0.2) is 0 Å². The van der Waals surface area contributed by atoms with Gasteiger partial charge in [-0.05, 0) is 104 Å². The molecule has 0 unspecified atom stereocenters. The third-order valence-electron chi connectivity index (χ3n) is 12.7. The second-order valence-electron chi connectivity index (χ2n) is 16.1. The van der Waals surface area contributed by atoms with Crippen molar-refractivity contribution in [2.24, 2.45) is 0 Å². The summed E-state index contributed by atoms with van der Waals surface area (Å²) in [6.07, 6.45) is 0. The van der Waals surface area contributed by atoms with E-state index < -0.39 is 0 Å². The van der Waals surface area contributed by atoms with Gasteiger partial charge in [-0.15, -0.1) is 0 Å². The van der Waals surface area contributed by atoms with Crippen molar-refractivity contribution in [3.8, 4) is 44.8 Å². The van der Waals surface area contributed by atoms with Gasteiger partial charge in [-0.1, -0.05) is 153 Å². The molecule has 0 fully saturated rings. The summed E-state index contributed by atoms with van der Waals surface area (Å²) in [4.78, 5) is 0. The first-order chi connectivity index (χ1) is 28.0. The molecule has 2 heterocycles. The van der Waals surface area contributed by atoms with Crippen molar-refractivity contribution in [2.45, 2.75) is 19.3 Å². The lowest BCUT2D eigenvalue weighted by Crippen LogP contribution is -2.15. The second kappa shape index (κ2) is 11.9. The molecule has 0 saturated heterocycles. The monoisotopic (exact) mass is 726 g/mol. The van der Waals surface area contributed by atoms with Crippen LogP contribution >= 0.6 is 0 Å². The molecule has 57 heavy (non-hydrogen) atoms. The molecule has 0 amide bonds. The van der Waals surface area contributed by atoms with Crippen LogP contribution in [-0.2, 0) is 5.41 Å². The summed E-state index contributed by atoms with van der Waals surface area (Å²) >= 11 is 0. The molecule has 2 heteroatoms. The summed E-state index contributed by atoms with van der Waals surface area (Å²) in [7, 11) is 0. The van der Waals surface area contributed by atoms with E-state index in [1.807, 2.05) is 0 Å². The standard InChI is InChI=1S/C55H38N2/c1-55(2)47-23-11-8-19-42(47)45-33-46-43-20-9-12-24-49(43)57(53(46)34-48(45)55)52-32-38(29-30-40(52)37-28-27-35-15-6-7-16-36(35)31-37)41-22-14-26-51-54(41)44-21-10-13-25-50(44)56(51)39-17-4-3-5-18-39/h3-34H,1-2H3. The van der Waals surface area contributed by atoms with Crippen LogP contribution in [0.5, 0.6) is 0 Å². The number of rotatable bonds is 4. The molecule has 268 valence electrons. The number of nitrogens with zero attached hydrogens (tertiary/aromatic N) is 2. The van der Waals surface area contributed by atoms with Gasteiger partial charge in [0, 0.05) is 38.2 Å². The highest BCUT2D eigenvalue weighted by atomic mass is 15.0. The van der Waals surface area contributed by atoms with Gasteiger partial charge in [-0.3, -0.25) is 0 Å². The van der Waals surface area contributed by atoms with E-state index in [1.165, 1.54) is 105 Å². The van der Waals surface area contributed by atoms with E-state index in [2.05, 4.69) is 217 Å². The van der Waals surface area contributed by atoms with Crippen molar-refractivity contribution >= 4 is 54.4 Å². The molecule has 2 aromatic heterocycles. The molecule has 1 aliphatic rings. The van der Waals surface area contributed by atoms with Crippen molar-refractivity contribution in [1.82, 2.24) is 9.13 Å². The predicted octanol–water partition coefficient (Wildman–Crippen LogP) is 14.7. The van der Waals surface area contributed by atoms with Gasteiger partial charge >= 0.3 is 0 Å². The van der Waals surface area contributed by atoms with Gasteiger partial charge in [-0.2, -0.15) is 0 Å². The van der Waals surface area contributed by atoms with Crippen LogP contribution in [0.1, 0.15) is 25.0 Å². The van der Waals surface area contributed by atoms with Crippen LogP contribution in [0.3, 0.4) is 0 Å². The largest absolute Gasteiger partial charge is 0.309 e. The third-order valence-corrected chi connectivity index (χ3v) is 12.7. The van der Waals surface area contributed by atoms with Gasteiger partial charge in [0.25, 0.3) is 0 Å². The van der Waals surface area contributed by atoms with E-state index in [0.29, 0.717) is 0 Å². The summed E-state index contributed by atoms with van der Waals surface area (Å²) in [5, 5.41) is 7.54. The Morgan fingerprint density at radius 1 is 0.351 bits per heavy atom. The lowest BCUT2D eigenvalue weighted by Gasteiger charge is -2.22. The van der Waals surface area contributed by atoms with E-state index in [-0.39, 0.29) is 5.41 Å². The Kier molecular flexibility index (Phi) is 6.72. The maximum atomic E-state index is 2.55. The fourth-order valence-corrected chi connectivity index (χ4v) is 10.0. The highest BCUT2D eigenvalue weighted by Gasteiger charge is 2.36. The maximum absolute atomic E-state index is 2.55. The molecule has 0 N–H and O–H groups in total. The normalized spacial score (nSPS) is 13.2. The van der Waals surface area contributed by atoms with Gasteiger partial charge < -0.3 is 9.13 Å². The number of para-hydroxylation sites is 3. The Morgan fingerprint density at radius 2 is 1.00 bits per heavy atom. The van der Waals surface area contributed by atoms with Crippen molar-refractivity contribution in [3.05, 3.63) is 205 Å². The first-order valence-electron chi connectivity index (χ1n) is 19.9. The van der Waals surface area contributed by atoms with Gasteiger partial charge in [0.1, 0.15) is 0 Å². The van der Waals surface area contributed by atoms with E-state index in [0.717, 1.165) is 5.69 Å². The zero-order valence-electron chi connectivity index (χ0n) is 31.9. The minimum absolute atomic E-state index is 0.118. The molecule has 0 atom stereocenters. The van der Waals surface area contributed by atoms with Crippen LogP contribution in [0.15, 0.2) is 194 Å². The summed E-state index contributed by atoms with van der Waals surface area (Å²) in [5.41, 5.74) is 17.3. The zero-order chi connectivity index (χ0) is 37.8. The molecule has 1 aliphatic carbocycles. The summed E-state index contributed by atoms with van der Waals surface area (Å²) in [5.74, 6) is 0. The van der Waals surface area contributed by atoms with Crippen molar-refractivity contribution in [3.63, 3.8) is 0 Å². The van der Waals surface area contributed by atoms with Crippen LogP contribution in [0, 0.1) is 0 Å². The Hall–Kier alpha value is -7.16. The number of hydrogen-bond donors (Lipinski definition) is 0. The molecule has 0 radical (unpaired) electrons. The molecule has 12 rings (SSSR count). The zero-order valence-corrected chi connectivity index (χ0v) is 31.9. The molecule has 0 spiro atoms. The van der Waals surface area contributed by atoms with Crippen LogP contribution in [0.25, 0.3) is 99.1 Å². The maximum Gasteiger partial charge on any atom is 0.0547 e. The fraction of sp³-hybridized carbons (Fsp3) is 0.0545. The first-order valence-corrected chi connectivity index (χ1v) is 19.9. The minimum Gasteiger partial charge on any atom is -0.309 e. The van der Waals surface area contributed by atoms with Crippen LogP contribution < -0.4 is 0 Å². The second-order valence-corrected chi connectivity index (χ2v) is 16.1. The Labute approximate surface area is 331 Å². The predicted molar refractivity (Wildman–Crippen MR) is 241 cm³/mol. The third kappa shape index (κ3) is 4.59. The number of benzene rings is 9. The molecule has 11 aromatic rings. The molecular weight excluding hydrogens is 689 g/mol. The number of fused-ring (bicyclic) bond motifs is 10. The molecule has 2 nitrogen and oxygen atoms in total. The average Bonchev–Trinajstić information content (AvgIpc) is 3.86. The Bertz CT molecular complexity index is 3430. The fourth-order valence-electron chi connectivity index (χ4n) is 10.0. The van der Waals surface area contributed by atoms with Crippen LogP contribution in [0.4, 0.5) is 0 Å². The molecule has 0 bridgehead atoms. The van der Waals surface area contributed by atoms with Crippen molar-refractivity contribution in [2.75, 3.05) is 0 Å². The minimum atomic E-state index is -0.118. The SMILES string of the molecule is CC1(C)c2ccccc2-c2cc3c4ccccc4n(-c4cc(-c5cccc6c5c5ccccc5n6-c5ccccc5)ccc4-c4ccc5ccccc5c4)c3cc21. The number of aromatic nitrogens is 2. The highest BCUT2D eigenvalue weighted by Crippen LogP contribution is 2.51. The summed E-state index contributed by atoms with van der Waals surface area (Å²) in [6.45, 7) is 4.76. The molecule has 0 saturated carbocycles. The molecule has 9 aromatic carbocycles.